The summed E-state index contributed by atoms with van der Waals surface area (Å²) in [4.78, 5) is 0. The van der Waals surface area contributed by atoms with Crippen molar-refractivity contribution in [3.63, 3.8) is 0 Å². The van der Waals surface area contributed by atoms with E-state index < -0.39 is 0 Å². The van der Waals surface area contributed by atoms with Gasteiger partial charge in [-0.1, -0.05) is 17.7 Å². The van der Waals surface area contributed by atoms with E-state index in [1.807, 2.05) is 20.0 Å². The molecule has 1 aromatic rings. The molecule has 0 aromatic heterocycles. The Morgan fingerprint density at radius 2 is 2.31 bits per heavy atom. The first-order chi connectivity index (χ1) is 6.22. The molecule has 0 saturated heterocycles. The quantitative estimate of drug-likeness (QED) is 0.746. The number of benzene rings is 1. The molecular weight excluding hydrogens is 186 g/mol. The van der Waals surface area contributed by atoms with E-state index in [0.29, 0.717) is 11.6 Å². The molecule has 3 heteroatoms. The highest BCUT2D eigenvalue weighted by Gasteiger charge is 2.24. The minimum absolute atomic E-state index is 0.285. The number of aryl methyl sites for hydroxylation is 1. The van der Waals surface area contributed by atoms with Gasteiger partial charge in [-0.3, -0.25) is 0 Å². The lowest BCUT2D eigenvalue weighted by molar-refractivity contribution is 0.318. The summed E-state index contributed by atoms with van der Waals surface area (Å²) in [6, 6.07) is 4.33. The Bertz CT molecular complexity index is 338. The predicted octanol–water partition coefficient (Wildman–Crippen LogP) is 2.30. The molecule has 1 aliphatic rings. The van der Waals surface area contributed by atoms with E-state index in [-0.39, 0.29) is 6.04 Å². The van der Waals surface area contributed by atoms with Gasteiger partial charge in [0.2, 0.25) is 0 Å². The fourth-order valence-corrected chi connectivity index (χ4v) is 2.00. The minimum atomic E-state index is 0.285. The normalized spacial score (nSPS) is 19.8. The van der Waals surface area contributed by atoms with E-state index in [9.17, 15) is 0 Å². The maximum atomic E-state index is 6.04. The number of ether oxygens (including phenoxy) is 1. The van der Waals surface area contributed by atoms with Gasteiger partial charge in [-0.15, -0.1) is 0 Å². The van der Waals surface area contributed by atoms with Crippen LogP contribution >= 0.6 is 11.6 Å². The van der Waals surface area contributed by atoms with Crippen molar-refractivity contribution in [1.82, 2.24) is 5.32 Å². The van der Waals surface area contributed by atoms with E-state index in [1.54, 1.807) is 0 Å². The molecule has 0 fully saturated rings. The summed E-state index contributed by atoms with van der Waals surface area (Å²) < 4.78 is 5.49. The van der Waals surface area contributed by atoms with E-state index >= 15 is 0 Å². The SMILES string of the molecule is CNC1COc2c(Cl)cc(C)cc21. The van der Waals surface area contributed by atoms with Crippen molar-refractivity contribution in [3.8, 4) is 5.75 Å². The molecule has 0 radical (unpaired) electrons. The minimum Gasteiger partial charge on any atom is -0.490 e. The molecule has 1 heterocycles. The first-order valence-corrected chi connectivity index (χ1v) is 4.70. The average Bonchev–Trinajstić information content (AvgIpc) is 2.47. The molecule has 0 spiro atoms. The molecule has 0 aliphatic carbocycles. The van der Waals surface area contributed by atoms with Gasteiger partial charge >= 0.3 is 0 Å². The molecule has 0 amide bonds. The standard InChI is InChI=1S/C10H12ClNO/c1-6-3-7-9(12-2)5-13-10(7)8(11)4-6/h3-4,9,12H,5H2,1-2H3. The van der Waals surface area contributed by atoms with Crippen LogP contribution in [0.25, 0.3) is 0 Å². The third-order valence-corrected chi connectivity index (χ3v) is 2.62. The molecular formula is C10H12ClNO. The van der Waals surface area contributed by atoms with Crippen molar-refractivity contribution in [1.29, 1.82) is 0 Å². The Hall–Kier alpha value is -0.730. The van der Waals surface area contributed by atoms with Crippen molar-refractivity contribution in [2.75, 3.05) is 13.7 Å². The summed E-state index contributed by atoms with van der Waals surface area (Å²) >= 11 is 6.04. The molecule has 13 heavy (non-hydrogen) atoms. The maximum absolute atomic E-state index is 6.04. The van der Waals surface area contributed by atoms with Crippen LogP contribution in [-0.4, -0.2) is 13.7 Å². The molecule has 0 bridgehead atoms. The predicted molar refractivity (Wildman–Crippen MR) is 53.5 cm³/mol. The molecule has 0 saturated carbocycles. The molecule has 1 aromatic carbocycles. The topological polar surface area (TPSA) is 21.3 Å². The number of halogens is 1. The Morgan fingerprint density at radius 1 is 1.54 bits per heavy atom. The van der Waals surface area contributed by atoms with Crippen LogP contribution in [-0.2, 0) is 0 Å². The number of nitrogens with one attached hydrogen (secondary N) is 1. The van der Waals surface area contributed by atoms with Gasteiger partial charge in [0.1, 0.15) is 12.4 Å². The van der Waals surface area contributed by atoms with Gasteiger partial charge in [0, 0.05) is 5.56 Å². The Kier molecular flexibility index (Phi) is 2.18. The second-order valence-corrected chi connectivity index (χ2v) is 3.72. The lowest BCUT2D eigenvalue weighted by Crippen LogP contribution is -2.17. The third kappa shape index (κ3) is 1.40. The van der Waals surface area contributed by atoms with Crippen LogP contribution in [0.2, 0.25) is 5.02 Å². The van der Waals surface area contributed by atoms with Crippen LogP contribution in [0.5, 0.6) is 5.75 Å². The molecule has 2 nitrogen and oxygen atoms in total. The highest BCUT2D eigenvalue weighted by atomic mass is 35.5. The number of hydrogen-bond acceptors (Lipinski definition) is 2. The van der Waals surface area contributed by atoms with Crippen molar-refractivity contribution in [2.45, 2.75) is 13.0 Å². The highest BCUT2D eigenvalue weighted by Crippen LogP contribution is 2.38. The van der Waals surface area contributed by atoms with Crippen LogP contribution < -0.4 is 10.1 Å². The van der Waals surface area contributed by atoms with Gasteiger partial charge in [0.05, 0.1) is 11.1 Å². The summed E-state index contributed by atoms with van der Waals surface area (Å²) in [5.74, 6) is 0.839. The lowest BCUT2D eigenvalue weighted by atomic mass is 10.1. The molecule has 1 aliphatic heterocycles. The van der Waals surface area contributed by atoms with E-state index in [0.717, 1.165) is 5.75 Å². The Labute approximate surface area is 82.9 Å². The van der Waals surface area contributed by atoms with Gasteiger partial charge in [0.15, 0.2) is 0 Å². The molecule has 70 valence electrons. The van der Waals surface area contributed by atoms with Crippen molar-refractivity contribution >= 4 is 11.6 Å². The van der Waals surface area contributed by atoms with E-state index in [4.69, 9.17) is 16.3 Å². The number of rotatable bonds is 1. The smallest absolute Gasteiger partial charge is 0.142 e. The molecule has 1 unspecified atom stereocenters. The fourth-order valence-electron chi connectivity index (χ4n) is 1.66. The third-order valence-electron chi connectivity index (χ3n) is 2.33. The monoisotopic (exact) mass is 197 g/mol. The van der Waals surface area contributed by atoms with Gasteiger partial charge < -0.3 is 10.1 Å². The number of likely N-dealkylation sites (N-methyl/N-ethyl adjacent to an activating group) is 1. The van der Waals surface area contributed by atoms with Crippen molar-refractivity contribution in [3.05, 3.63) is 28.3 Å². The second kappa shape index (κ2) is 3.20. The summed E-state index contributed by atoms with van der Waals surface area (Å²) in [7, 11) is 1.93. The van der Waals surface area contributed by atoms with Crippen LogP contribution in [0.15, 0.2) is 12.1 Å². The van der Waals surface area contributed by atoms with Gasteiger partial charge in [-0.05, 0) is 25.6 Å². The number of hydrogen-bond donors (Lipinski definition) is 1. The largest absolute Gasteiger partial charge is 0.490 e. The van der Waals surface area contributed by atoms with Crippen LogP contribution in [0, 0.1) is 6.92 Å². The highest BCUT2D eigenvalue weighted by molar-refractivity contribution is 6.32. The molecule has 2 rings (SSSR count). The van der Waals surface area contributed by atoms with Crippen LogP contribution in [0.1, 0.15) is 17.2 Å². The van der Waals surface area contributed by atoms with Gasteiger partial charge in [-0.2, -0.15) is 0 Å². The van der Waals surface area contributed by atoms with Crippen LogP contribution in [0.3, 0.4) is 0 Å². The summed E-state index contributed by atoms with van der Waals surface area (Å²) in [6.45, 7) is 2.71. The maximum Gasteiger partial charge on any atom is 0.142 e. The zero-order valence-corrected chi connectivity index (χ0v) is 8.48. The average molecular weight is 198 g/mol. The Balaban J connectivity index is 2.51. The van der Waals surface area contributed by atoms with Crippen molar-refractivity contribution < 1.29 is 4.74 Å². The van der Waals surface area contributed by atoms with Gasteiger partial charge in [0.25, 0.3) is 0 Å². The first-order valence-electron chi connectivity index (χ1n) is 4.32. The lowest BCUT2D eigenvalue weighted by Gasteiger charge is -2.07. The zero-order valence-electron chi connectivity index (χ0n) is 7.73. The van der Waals surface area contributed by atoms with Crippen LogP contribution in [0.4, 0.5) is 0 Å². The Morgan fingerprint density at radius 3 is 3.00 bits per heavy atom. The number of fused-ring (bicyclic) bond motifs is 1. The molecule has 1 atom stereocenters. The summed E-state index contributed by atoms with van der Waals surface area (Å²) in [5, 5.41) is 3.91. The summed E-state index contributed by atoms with van der Waals surface area (Å²) in [6.07, 6.45) is 0. The summed E-state index contributed by atoms with van der Waals surface area (Å²) in [5.41, 5.74) is 2.35. The van der Waals surface area contributed by atoms with E-state index in [1.165, 1.54) is 11.1 Å². The van der Waals surface area contributed by atoms with E-state index in [2.05, 4.69) is 11.4 Å². The fraction of sp³-hybridized carbons (Fsp3) is 0.400. The molecule has 1 N–H and O–H groups in total. The van der Waals surface area contributed by atoms with Crippen molar-refractivity contribution in [2.24, 2.45) is 0 Å². The first kappa shape index (κ1) is 8.85. The second-order valence-electron chi connectivity index (χ2n) is 3.32. The van der Waals surface area contributed by atoms with Gasteiger partial charge in [-0.25, -0.2) is 0 Å². The zero-order chi connectivity index (χ0) is 9.42.